The van der Waals surface area contributed by atoms with Crippen molar-refractivity contribution in [2.24, 2.45) is 0 Å². The first kappa shape index (κ1) is 8.92. The molecule has 2 aromatic heterocycles. The first-order valence-corrected chi connectivity index (χ1v) is 5.35. The number of nitrogens with zero attached hydrogens (tertiary/aromatic N) is 2. The number of hydrogen-bond acceptors (Lipinski definition) is 2. The molecule has 0 aliphatic heterocycles. The zero-order valence-corrected chi connectivity index (χ0v) is 9.12. The van der Waals surface area contributed by atoms with Crippen LogP contribution in [0.25, 0.3) is 10.9 Å². The molecule has 2 heterocycles. The molecule has 1 N–H and O–H groups in total. The highest BCUT2D eigenvalue weighted by molar-refractivity contribution is 5.84. The summed E-state index contributed by atoms with van der Waals surface area (Å²) in [7, 11) is 4.31. The van der Waals surface area contributed by atoms with Crippen LogP contribution < -0.4 is 0 Å². The van der Waals surface area contributed by atoms with Gasteiger partial charge in [-0.1, -0.05) is 0 Å². The lowest BCUT2D eigenvalue weighted by Gasteiger charge is -2.18. The first-order valence-electron chi connectivity index (χ1n) is 5.35. The molecule has 15 heavy (non-hydrogen) atoms. The van der Waals surface area contributed by atoms with Crippen LogP contribution >= 0.6 is 0 Å². The number of pyridine rings is 1. The van der Waals surface area contributed by atoms with Gasteiger partial charge in [-0.2, -0.15) is 0 Å². The Hall–Kier alpha value is -1.35. The number of nitrogens with one attached hydrogen (secondary N) is 1. The lowest BCUT2D eigenvalue weighted by Crippen LogP contribution is -2.28. The number of H-pyrrole nitrogens is 1. The quantitative estimate of drug-likeness (QED) is 0.760. The number of hydrogen-bond donors (Lipinski definition) is 1. The van der Waals surface area contributed by atoms with Gasteiger partial charge in [0.15, 0.2) is 0 Å². The number of fused-ring (bicyclic) bond motifs is 3. The average Bonchev–Trinajstić information content (AvgIpc) is 2.73. The molecule has 0 amide bonds. The number of aromatic nitrogens is 2. The van der Waals surface area contributed by atoms with Gasteiger partial charge in [0.05, 0.1) is 11.7 Å². The summed E-state index contributed by atoms with van der Waals surface area (Å²) in [5.41, 5.74) is 4.07. The predicted molar refractivity (Wildman–Crippen MR) is 61.0 cm³/mol. The van der Waals surface area contributed by atoms with Gasteiger partial charge in [0.1, 0.15) is 0 Å². The summed E-state index contributed by atoms with van der Waals surface area (Å²) in [6.07, 6.45) is 6.08. The molecular formula is C12H15N3. The summed E-state index contributed by atoms with van der Waals surface area (Å²) in [5, 5.41) is 1.35. The molecule has 3 heteroatoms. The van der Waals surface area contributed by atoms with E-state index < -0.39 is 0 Å². The summed E-state index contributed by atoms with van der Waals surface area (Å²) >= 11 is 0. The Balaban J connectivity index is 2.08. The van der Waals surface area contributed by atoms with Gasteiger partial charge in [0.25, 0.3) is 0 Å². The zero-order valence-electron chi connectivity index (χ0n) is 9.12. The van der Waals surface area contributed by atoms with Crippen LogP contribution in [0.15, 0.2) is 18.5 Å². The first-order chi connectivity index (χ1) is 7.25. The van der Waals surface area contributed by atoms with Crippen LogP contribution in [0, 0.1) is 0 Å². The van der Waals surface area contributed by atoms with E-state index in [1.165, 1.54) is 22.2 Å². The van der Waals surface area contributed by atoms with E-state index in [-0.39, 0.29) is 0 Å². The van der Waals surface area contributed by atoms with Gasteiger partial charge in [-0.3, -0.25) is 4.98 Å². The summed E-state index contributed by atoms with van der Waals surface area (Å²) in [5.74, 6) is 0. The van der Waals surface area contributed by atoms with Crippen molar-refractivity contribution < 1.29 is 0 Å². The summed E-state index contributed by atoms with van der Waals surface area (Å²) in [6.45, 7) is 0. The molecular weight excluding hydrogens is 186 g/mol. The Bertz CT molecular complexity index is 499. The fourth-order valence-electron chi connectivity index (χ4n) is 2.47. The number of rotatable bonds is 1. The Kier molecular flexibility index (Phi) is 1.83. The molecule has 1 atom stereocenters. The van der Waals surface area contributed by atoms with Crippen LogP contribution in [0.2, 0.25) is 0 Å². The second kappa shape index (κ2) is 3.07. The highest BCUT2D eigenvalue weighted by Crippen LogP contribution is 2.30. The van der Waals surface area contributed by atoms with Crippen molar-refractivity contribution in [1.82, 2.24) is 14.9 Å². The van der Waals surface area contributed by atoms with Gasteiger partial charge >= 0.3 is 0 Å². The molecule has 0 saturated heterocycles. The Morgan fingerprint density at radius 2 is 2.27 bits per heavy atom. The van der Waals surface area contributed by atoms with Crippen LogP contribution in [-0.2, 0) is 12.8 Å². The monoisotopic (exact) mass is 201 g/mol. The molecule has 0 saturated carbocycles. The van der Waals surface area contributed by atoms with E-state index in [9.17, 15) is 0 Å². The highest BCUT2D eigenvalue weighted by Gasteiger charge is 2.26. The molecule has 1 aliphatic carbocycles. The van der Waals surface area contributed by atoms with Crippen molar-refractivity contribution in [3.05, 3.63) is 29.7 Å². The Labute approximate surface area is 89.1 Å². The minimum absolute atomic E-state index is 0.656. The van der Waals surface area contributed by atoms with Crippen LogP contribution in [0.3, 0.4) is 0 Å². The van der Waals surface area contributed by atoms with E-state index in [1.54, 1.807) is 0 Å². The maximum absolute atomic E-state index is 4.14. The van der Waals surface area contributed by atoms with Crippen LogP contribution in [0.5, 0.6) is 0 Å². The normalized spacial score (nSPS) is 20.1. The van der Waals surface area contributed by atoms with Crippen molar-refractivity contribution in [2.75, 3.05) is 14.1 Å². The summed E-state index contributed by atoms with van der Waals surface area (Å²) < 4.78 is 0. The minimum Gasteiger partial charge on any atom is -0.357 e. The third-order valence-corrected chi connectivity index (χ3v) is 3.41. The number of aromatic amines is 1. The molecule has 78 valence electrons. The maximum atomic E-state index is 4.14. The second-order valence-electron chi connectivity index (χ2n) is 4.53. The highest BCUT2D eigenvalue weighted by atomic mass is 15.1. The molecule has 1 unspecified atom stereocenters. The van der Waals surface area contributed by atoms with Gasteiger partial charge in [-0.25, -0.2) is 0 Å². The SMILES string of the molecule is CN(C)C1Cc2[nH]c3cnccc3c2C1. The largest absolute Gasteiger partial charge is 0.357 e. The lowest BCUT2D eigenvalue weighted by molar-refractivity contribution is 0.303. The van der Waals surface area contributed by atoms with Gasteiger partial charge < -0.3 is 9.88 Å². The van der Waals surface area contributed by atoms with E-state index in [4.69, 9.17) is 0 Å². The average molecular weight is 201 g/mol. The van der Waals surface area contributed by atoms with Crippen LogP contribution in [0.4, 0.5) is 0 Å². The molecule has 0 spiro atoms. The topological polar surface area (TPSA) is 31.9 Å². The molecule has 1 aliphatic rings. The van der Waals surface area contributed by atoms with Gasteiger partial charge in [0, 0.05) is 29.7 Å². The third-order valence-electron chi connectivity index (χ3n) is 3.41. The van der Waals surface area contributed by atoms with Crippen LogP contribution in [-0.4, -0.2) is 35.0 Å². The summed E-state index contributed by atoms with van der Waals surface area (Å²) in [4.78, 5) is 9.92. The van der Waals surface area contributed by atoms with Crippen molar-refractivity contribution >= 4 is 10.9 Å². The molecule has 3 rings (SSSR count). The molecule has 0 radical (unpaired) electrons. The van der Waals surface area contributed by atoms with E-state index in [0.29, 0.717) is 6.04 Å². The standard InChI is InChI=1S/C12H15N3/c1-15(2)8-5-10-9-3-4-13-7-12(9)14-11(10)6-8/h3-4,7-8,14H,5-6H2,1-2H3. The minimum atomic E-state index is 0.656. The van der Waals surface area contributed by atoms with Gasteiger partial charge in [0.2, 0.25) is 0 Å². The molecule has 0 fully saturated rings. The van der Waals surface area contributed by atoms with E-state index >= 15 is 0 Å². The fraction of sp³-hybridized carbons (Fsp3) is 0.417. The smallest absolute Gasteiger partial charge is 0.0645 e. The van der Waals surface area contributed by atoms with Crippen molar-refractivity contribution in [3.63, 3.8) is 0 Å². The fourth-order valence-corrected chi connectivity index (χ4v) is 2.47. The van der Waals surface area contributed by atoms with Crippen molar-refractivity contribution in [1.29, 1.82) is 0 Å². The molecule has 0 aromatic carbocycles. The van der Waals surface area contributed by atoms with Gasteiger partial charge in [-0.15, -0.1) is 0 Å². The van der Waals surface area contributed by atoms with Gasteiger partial charge in [-0.05, 0) is 32.1 Å². The Morgan fingerprint density at radius 1 is 1.40 bits per heavy atom. The third kappa shape index (κ3) is 1.27. The second-order valence-corrected chi connectivity index (χ2v) is 4.53. The van der Waals surface area contributed by atoms with Crippen molar-refractivity contribution in [3.8, 4) is 0 Å². The van der Waals surface area contributed by atoms with E-state index in [0.717, 1.165) is 12.8 Å². The number of likely N-dealkylation sites (N-methyl/N-ethyl adjacent to an activating group) is 1. The van der Waals surface area contributed by atoms with E-state index in [2.05, 4.69) is 35.0 Å². The zero-order chi connectivity index (χ0) is 10.4. The predicted octanol–water partition coefficient (Wildman–Crippen LogP) is 1.59. The lowest BCUT2D eigenvalue weighted by atomic mass is 10.1. The molecule has 0 bridgehead atoms. The Morgan fingerprint density at radius 3 is 3.07 bits per heavy atom. The molecule has 2 aromatic rings. The molecule has 3 nitrogen and oxygen atoms in total. The van der Waals surface area contributed by atoms with E-state index in [1.807, 2.05) is 12.4 Å². The van der Waals surface area contributed by atoms with Crippen molar-refractivity contribution in [2.45, 2.75) is 18.9 Å². The van der Waals surface area contributed by atoms with Crippen LogP contribution in [0.1, 0.15) is 11.3 Å². The summed E-state index contributed by atoms with van der Waals surface area (Å²) in [6, 6.07) is 2.77. The maximum Gasteiger partial charge on any atom is 0.0645 e.